The van der Waals surface area contributed by atoms with Crippen molar-refractivity contribution < 1.29 is 17.2 Å². The third-order valence-corrected chi connectivity index (χ3v) is 7.13. The summed E-state index contributed by atoms with van der Waals surface area (Å²) in [6.07, 6.45) is 2.86. The Bertz CT molecular complexity index is 1190. The summed E-state index contributed by atoms with van der Waals surface area (Å²) in [5.41, 5.74) is 1.21. The van der Waals surface area contributed by atoms with Crippen LogP contribution in [0.3, 0.4) is 0 Å². The Morgan fingerprint density at radius 1 is 1.17 bits per heavy atom. The van der Waals surface area contributed by atoms with Gasteiger partial charge in [-0.2, -0.15) is 4.31 Å². The first kappa shape index (κ1) is 20.8. The second kappa shape index (κ2) is 7.98. The lowest BCUT2D eigenvalue weighted by Gasteiger charge is -2.21. The number of aromatic nitrogens is 2. The van der Waals surface area contributed by atoms with E-state index < -0.39 is 21.7 Å². The first-order valence-electron chi connectivity index (χ1n) is 9.19. The van der Waals surface area contributed by atoms with Gasteiger partial charge in [0, 0.05) is 44.0 Å². The lowest BCUT2D eigenvalue weighted by atomic mass is 9.94. The Hall–Kier alpha value is -2.49. The lowest BCUT2D eigenvalue weighted by molar-refractivity contribution is 0.468. The van der Waals surface area contributed by atoms with E-state index in [1.807, 2.05) is 0 Å². The minimum Gasteiger partial charge on any atom is -0.380 e. The smallest absolute Gasteiger partial charge is 0.262 e. The van der Waals surface area contributed by atoms with Crippen LogP contribution in [0, 0.1) is 11.6 Å². The fraction of sp³-hybridized carbons (Fsp3) is 0.250. The molecule has 1 saturated heterocycles. The summed E-state index contributed by atoms with van der Waals surface area (Å²) in [4.78, 5) is 3.97. The summed E-state index contributed by atoms with van der Waals surface area (Å²) >= 11 is 5.88. The summed E-state index contributed by atoms with van der Waals surface area (Å²) in [5, 5.41) is 3.14. The fourth-order valence-electron chi connectivity index (χ4n) is 3.64. The topological polar surface area (TPSA) is 67.2 Å². The van der Waals surface area contributed by atoms with Gasteiger partial charge in [0.05, 0.1) is 11.3 Å². The number of benzene rings is 2. The first-order valence-corrected chi connectivity index (χ1v) is 11.0. The van der Waals surface area contributed by atoms with E-state index in [-0.39, 0.29) is 35.1 Å². The SMILES string of the molecule is Cn1cnc(S(=O)(=O)N2C[C@@H](Nc3ccc(F)c(Cl)c3)[C@H](c3cccc(F)c3)C2)c1. The molecule has 1 fully saturated rings. The van der Waals surface area contributed by atoms with E-state index in [2.05, 4.69) is 10.3 Å². The van der Waals surface area contributed by atoms with Crippen LogP contribution in [0.25, 0.3) is 0 Å². The molecule has 1 aromatic heterocycles. The molecule has 30 heavy (non-hydrogen) atoms. The predicted octanol–water partition coefficient (Wildman–Crippen LogP) is 3.62. The zero-order valence-corrected chi connectivity index (χ0v) is 17.5. The van der Waals surface area contributed by atoms with Gasteiger partial charge in [-0.15, -0.1) is 0 Å². The van der Waals surface area contributed by atoms with Crippen molar-refractivity contribution in [3.05, 3.63) is 77.2 Å². The maximum Gasteiger partial charge on any atom is 0.262 e. The van der Waals surface area contributed by atoms with Crippen molar-refractivity contribution in [1.29, 1.82) is 0 Å². The number of anilines is 1. The summed E-state index contributed by atoms with van der Waals surface area (Å²) in [6, 6.07) is 9.90. The van der Waals surface area contributed by atoms with E-state index in [9.17, 15) is 17.2 Å². The molecule has 1 N–H and O–H groups in total. The zero-order chi connectivity index (χ0) is 21.5. The molecule has 0 radical (unpaired) electrons. The van der Waals surface area contributed by atoms with Gasteiger partial charge >= 0.3 is 0 Å². The molecule has 158 valence electrons. The van der Waals surface area contributed by atoms with Crippen LogP contribution in [0.2, 0.25) is 5.02 Å². The Balaban J connectivity index is 1.67. The van der Waals surface area contributed by atoms with Crippen molar-refractivity contribution in [1.82, 2.24) is 13.9 Å². The standard InChI is InChI=1S/C20H19ClF2N4O2S/c1-26-11-20(24-12-26)30(28,29)27-9-16(13-3-2-4-14(22)7-13)19(10-27)25-15-5-6-18(23)17(21)8-15/h2-8,11-12,16,19,25H,9-10H2,1H3/t16-,19+/m0/s1. The molecule has 2 heterocycles. The molecule has 4 rings (SSSR count). The molecule has 2 atom stereocenters. The van der Waals surface area contributed by atoms with Crippen molar-refractivity contribution in [2.45, 2.75) is 17.0 Å². The molecular formula is C20H19ClF2N4O2S. The number of hydrogen-bond acceptors (Lipinski definition) is 4. The molecule has 0 saturated carbocycles. The molecular weight excluding hydrogens is 434 g/mol. The fourth-order valence-corrected chi connectivity index (χ4v) is 5.28. The van der Waals surface area contributed by atoms with Crippen LogP contribution >= 0.6 is 11.6 Å². The Morgan fingerprint density at radius 3 is 2.63 bits per heavy atom. The summed E-state index contributed by atoms with van der Waals surface area (Å²) in [7, 11) is -2.14. The van der Waals surface area contributed by atoms with Gasteiger partial charge in [-0.25, -0.2) is 22.2 Å². The quantitative estimate of drug-likeness (QED) is 0.642. The van der Waals surface area contributed by atoms with Crippen LogP contribution in [0.1, 0.15) is 11.5 Å². The first-order chi connectivity index (χ1) is 14.2. The van der Waals surface area contributed by atoms with Crippen molar-refractivity contribution >= 4 is 27.3 Å². The van der Waals surface area contributed by atoms with Crippen LogP contribution in [0.5, 0.6) is 0 Å². The molecule has 0 unspecified atom stereocenters. The number of halogens is 3. The van der Waals surface area contributed by atoms with Crippen LogP contribution in [0.4, 0.5) is 14.5 Å². The van der Waals surface area contributed by atoms with Crippen LogP contribution in [-0.4, -0.2) is 41.4 Å². The highest BCUT2D eigenvalue weighted by Gasteiger charge is 2.41. The van der Waals surface area contributed by atoms with Crippen molar-refractivity contribution in [3.63, 3.8) is 0 Å². The summed E-state index contributed by atoms with van der Waals surface area (Å²) in [5.74, 6) is -1.28. The minimum absolute atomic E-state index is 0.0433. The van der Waals surface area contributed by atoms with Crippen molar-refractivity contribution in [2.24, 2.45) is 7.05 Å². The van der Waals surface area contributed by atoms with Crippen molar-refractivity contribution in [3.8, 4) is 0 Å². The zero-order valence-electron chi connectivity index (χ0n) is 16.0. The molecule has 1 aliphatic rings. The van der Waals surface area contributed by atoms with Gasteiger partial charge in [-0.1, -0.05) is 23.7 Å². The van der Waals surface area contributed by atoms with Crippen LogP contribution < -0.4 is 5.32 Å². The molecule has 0 aliphatic carbocycles. The molecule has 1 aliphatic heterocycles. The number of hydrogen-bond donors (Lipinski definition) is 1. The molecule has 0 spiro atoms. The minimum atomic E-state index is -3.83. The van der Waals surface area contributed by atoms with E-state index in [1.54, 1.807) is 23.7 Å². The third-order valence-electron chi connectivity index (χ3n) is 5.12. The van der Waals surface area contributed by atoms with E-state index in [0.29, 0.717) is 11.3 Å². The number of nitrogens with zero attached hydrogens (tertiary/aromatic N) is 3. The van der Waals surface area contributed by atoms with Gasteiger partial charge < -0.3 is 9.88 Å². The highest BCUT2D eigenvalue weighted by Crippen LogP contribution is 2.34. The molecule has 10 heteroatoms. The highest BCUT2D eigenvalue weighted by molar-refractivity contribution is 7.89. The summed E-state index contributed by atoms with van der Waals surface area (Å²) < 4.78 is 56.4. The number of aryl methyl sites for hydroxylation is 1. The van der Waals surface area contributed by atoms with E-state index in [4.69, 9.17) is 11.6 Å². The Labute approximate surface area is 178 Å². The van der Waals surface area contributed by atoms with Gasteiger partial charge in [-0.05, 0) is 35.9 Å². The molecule has 0 bridgehead atoms. The van der Waals surface area contributed by atoms with Crippen LogP contribution in [0.15, 0.2) is 60.0 Å². The number of imidazole rings is 1. The number of nitrogens with one attached hydrogen (secondary N) is 1. The largest absolute Gasteiger partial charge is 0.380 e. The average Bonchev–Trinajstić information content (AvgIpc) is 3.32. The third kappa shape index (κ3) is 4.05. The normalized spacial score (nSPS) is 19.9. The van der Waals surface area contributed by atoms with Crippen molar-refractivity contribution in [2.75, 3.05) is 18.4 Å². The maximum absolute atomic E-state index is 13.8. The Kier molecular flexibility index (Phi) is 5.52. The van der Waals surface area contributed by atoms with Gasteiger partial charge in [0.15, 0.2) is 5.03 Å². The summed E-state index contributed by atoms with van der Waals surface area (Å²) in [6.45, 7) is 0.282. The molecule has 0 amide bonds. The highest BCUT2D eigenvalue weighted by atomic mass is 35.5. The van der Waals surface area contributed by atoms with Gasteiger partial charge in [0.2, 0.25) is 0 Å². The van der Waals surface area contributed by atoms with E-state index in [0.717, 1.165) is 0 Å². The number of rotatable bonds is 5. The molecule has 6 nitrogen and oxygen atoms in total. The van der Waals surface area contributed by atoms with Gasteiger partial charge in [0.25, 0.3) is 10.0 Å². The maximum atomic E-state index is 13.8. The monoisotopic (exact) mass is 452 g/mol. The molecule has 3 aromatic rings. The Morgan fingerprint density at radius 2 is 1.97 bits per heavy atom. The average molecular weight is 453 g/mol. The van der Waals surface area contributed by atoms with E-state index in [1.165, 1.54) is 47.2 Å². The predicted molar refractivity (Wildman–Crippen MR) is 110 cm³/mol. The van der Waals surface area contributed by atoms with E-state index >= 15 is 0 Å². The molecule has 2 aromatic carbocycles. The van der Waals surface area contributed by atoms with Crippen LogP contribution in [-0.2, 0) is 17.1 Å². The number of sulfonamides is 1. The van der Waals surface area contributed by atoms with Gasteiger partial charge in [-0.3, -0.25) is 0 Å². The lowest BCUT2D eigenvalue weighted by Crippen LogP contribution is -2.32. The van der Waals surface area contributed by atoms with Gasteiger partial charge in [0.1, 0.15) is 11.6 Å². The second-order valence-electron chi connectivity index (χ2n) is 7.24. The second-order valence-corrected chi connectivity index (χ2v) is 9.53.